The van der Waals surface area contributed by atoms with Crippen molar-refractivity contribution in [3.05, 3.63) is 59.7 Å². The number of benzene rings is 2. The minimum atomic E-state index is -1.01. The SMILES string of the molecule is CC(=O)c1ccc(OCC(O)COc2ccc(F)c(F)c2)cc1. The summed E-state index contributed by atoms with van der Waals surface area (Å²) in [6.45, 7) is 1.30. The zero-order valence-electron chi connectivity index (χ0n) is 12.5. The molecule has 0 aromatic heterocycles. The van der Waals surface area contributed by atoms with Gasteiger partial charge in [-0.1, -0.05) is 0 Å². The summed E-state index contributed by atoms with van der Waals surface area (Å²) in [5, 5.41) is 9.77. The number of carbonyl (C=O) groups is 1. The molecule has 2 aromatic rings. The van der Waals surface area contributed by atoms with Crippen molar-refractivity contribution in [2.24, 2.45) is 0 Å². The molecule has 0 saturated heterocycles. The van der Waals surface area contributed by atoms with Gasteiger partial charge in [0.05, 0.1) is 0 Å². The fourth-order valence-corrected chi connectivity index (χ4v) is 1.79. The number of hydrogen-bond acceptors (Lipinski definition) is 4. The largest absolute Gasteiger partial charge is 0.491 e. The monoisotopic (exact) mass is 322 g/mol. The van der Waals surface area contributed by atoms with Gasteiger partial charge in [-0.25, -0.2) is 8.78 Å². The number of rotatable bonds is 7. The van der Waals surface area contributed by atoms with Crippen molar-refractivity contribution in [3.63, 3.8) is 0 Å². The fourth-order valence-electron chi connectivity index (χ4n) is 1.79. The summed E-state index contributed by atoms with van der Waals surface area (Å²) in [7, 11) is 0. The van der Waals surface area contributed by atoms with Crippen LogP contribution >= 0.6 is 0 Å². The minimum Gasteiger partial charge on any atom is -0.491 e. The predicted octanol–water partition coefficient (Wildman–Crippen LogP) is 2.99. The molecule has 2 rings (SSSR count). The number of carbonyl (C=O) groups excluding carboxylic acids is 1. The van der Waals surface area contributed by atoms with Crippen molar-refractivity contribution in [1.29, 1.82) is 0 Å². The molecule has 0 saturated carbocycles. The molecule has 1 N–H and O–H groups in total. The van der Waals surface area contributed by atoms with E-state index in [0.717, 1.165) is 12.1 Å². The second-order valence-corrected chi connectivity index (χ2v) is 4.93. The highest BCUT2D eigenvalue weighted by molar-refractivity contribution is 5.94. The van der Waals surface area contributed by atoms with E-state index < -0.39 is 17.7 Å². The molecule has 1 atom stereocenters. The maximum atomic E-state index is 13.0. The van der Waals surface area contributed by atoms with Crippen LogP contribution in [0.3, 0.4) is 0 Å². The van der Waals surface area contributed by atoms with Crippen molar-refractivity contribution in [2.75, 3.05) is 13.2 Å². The Bertz CT molecular complexity index is 671. The Morgan fingerprint density at radius 3 is 2.13 bits per heavy atom. The molecule has 4 nitrogen and oxygen atoms in total. The van der Waals surface area contributed by atoms with E-state index in [1.165, 1.54) is 13.0 Å². The molecule has 1 unspecified atom stereocenters. The van der Waals surface area contributed by atoms with E-state index >= 15 is 0 Å². The summed E-state index contributed by atoms with van der Waals surface area (Å²) in [6.07, 6.45) is -0.949. The predicted molar refractivity (Wildman–Crippen MR) is 79.8 cm³/mol. The van der Waals surface area contributed by atoms with Crippen molar-refractivity contribution in [3.8, 4) is 11.5 Å². The molecule has 0 fully saturated rings. The summed E-state index contributed by atoms with van der Waals surface area (Å²) in [5.41, 5.74) is 0.569. The lowest BCUT2D eigenvalue weighted by Crippen LogP contribution is -2.25. The van der Waals surface area contributed by atoms with Gasteiger partial charge in [-0.2, -0.15) is 0 Å². The summed E-state index contributed by atoms with van der Waals surface area (Å²) in [6, 6.07) is 9.63. The van der Waals surface area contributed by atoms with Gasteiger partial charge in [-0.3, -0.25) is 4.79 Å². The Labute approximate surface area is 132 Å². The first-order chi connectivity index (χ1) is 11.0. The van der Waals surface area contributed by atoms with E-state index in [4.69, 9.17) is 9.47 Å². The number of aliphatic hydroxyl groups is 1. The molecule has 122 valence electrons. The van der Waals surface area contributed by atoms with Crippen LogP contribution in [-0.2, 0) is 0 Å². The zero-order chi connectivity index (χ0) is 16.8. The van der Waals surface area contributed by atoms with Crippen LogP contribution in [0.4, 0.5) is 8.78 Å². The Morgan fingerprint density at radius 1 is 1.00 bits per heavy atom. The molecule has 0 aliphatic rings. The first kappa shape index (κ1) is 16.9. The summed E-state index contributed by atoms with van der Waals surface area (Å²) >= 11 is 0. The molecule has 6 heteroatoms. The lowest BCUT2D eigenvalue weighted by atomic mass is 10.1. The average molecular weight is 322 g/mol. The highest BCUT2D eigenvalue weighted by Crippen LogP contribution is 2.16. The van der Waals surface area contributed by atoms with Crippen LogP contribution in [0.5, 0.6) is 11.5 Å². The third-order valence-electron chi connectivity index (χ3n) is 3.04. The van der Waals surface area contributed by atoms with Crippen LogP contribution in [0, 0.1) is 11.6 Å². The standard InChI is InChI=1S/C17H16F2O4/c1-11(20)12-2-4-14(5-3-12)22-9-13(21)10-23-15-6-7-16(18)17(19)8-15/h2-8,13,21H,9-10H2,1H3. The number of ketones is 1. The van der Waals surface area contributed by atoms with Crippen LogP contribution in [0.15, 0.2) is 42.5 Å². The summed E-state index contributed by atoms with van der Waals surface area (Å²) in [5.74, 6) is -1.40. The molecular weight excluding hydrogens is 306 g/mol. The number of ether oxygens (including phenoxy) is 2. The van der Waals surface area contributed by atoms with Gasteiger partial charge in [-0.05, 0) is 43.3 Å². The maximum absolute atomic E-state index is 13.0. The van der Waals surface area contributed by atoms with Gasteiger partial charge in [0.2, 0.25) is 0 Å². The minimum absolute atomic E-state index is 0.0386. The summed E-state index contributed by atoms with van der Waals surface area (Å²) in [4.78, 5) is 11.1. The Kier molecular flexibility index (Phi) is 5.65. The van der Waals surface area contributed by atoms with Crippen molar-refractivity contribution < 1.29 is 28.2 Å². The van der Waals surface area contributed by atoms with Gasteiger partial charge in [0.25, 0.3) is 0 Å². The average Bonchev–Trinajstić information content (AvgIpc) is 2.54. The van der Waals surface area contributed by atoms with Gasteiger partial charge in [0, 0.05) is 11.6 Å². The normalized spacial score (nSPS) is 11.8. The molecule has 0 aliphatic heterocycles. The maximum Gasteiger partial charge on any atom is 0.162 e. The summed E-state index contributed by atoms with van der Waals surface area (Å²) < 4.78 is 36.3. The third kappa shape index (κ3) is 5.03. The highest BCUT2D eigenvalue weighted by Gasteiger charge is 2.09. The molecule has 0 amide bonds. The molecule has 0 aliphatic carbocycles. The van der Waals surface area contributed by atoms with Gasteiger partial charge < -0.3 is 14.6 Å². The van der Waals surface area contributed by atoms with Crippen LogP contribution < -0.4 is 9.47 Å². The highest BCUT2D eigenvalue weighted by atomic mass is 19.2. The molecule has 0 spiro atoms. The molecular formula is C17H16F2O4. The van der Waals surface area contributed by atoms with Crippen LogP contribution in [-0.4, -0.2) is 30.2 Å². The Morgan fingerprint density at radius 2 is 1.57 bits per heavy atom. The van der Waals surface area contributed by atoms with Gasteiger partial charge in [-0.15, -0.1) is 0 Å². The quantitative estimate of drug-likeness (QED) is 0.796. The molecule has 23 heavy (non-hydrogen) atoms. The third-order valence-corrected chi connectivity index (χ3v) is 3.04. The van der Waals surface area contributed by atoms with Crippen LogP contribution in [0.25, 0.3) is 0 Å². The van der Waals surface area contributed by atoms with E-state index in [0.29, 0.717) is 11.3 Å². The van der Waals surface area contributed by atoms with Gasteiger partial charge >= 0.3 is 0 Å². The number of halogens is 2. The Hall–Kier alpha value is -2.47. The zero-order valence-corrected chi connectivity index (χ0v) is 12.5. The molecule has 2 aromatic carbocycles. The fraction of sp³-hybridized carbons (Fsp3) is 0.235. The lowest BCUT2D eigenvalue weighted by molar-refractivity contribution is 0.0625. The van der Waals surface area contributed by atoms with Gasteiger partial charge in [0.1, 0.15) is 30.8 Å². The van der Waals surface area contributed by atoms with Crippen LogP contribution in [0.1, 0.15) is 17.3 Å². The van der Waals surface area contributed by atoms with Crippen molar-refractivity contribution >= 4 is 5.78 Å². The van der Waals surface area contributed by atoms with Crippen molar-refractivity contribution in [2.45, 2.75) is 13.0 Å². The first-order valence-electron chi connectivity index (χ1n) is 6.95. The lowest BCUT2D eigenvalue weighted by Gasteiger charge is -2.14. The molecule has 0 radical (unpaired) electrons. The number of Topliss-reactive ketones (excluding diaryl/α,β-unsaturated/α-hetero) is 1. The topological polar surface area (TPSA) is 55.8 Å². The van der Waals surface area contributed by atoms with Crippen LogP contribution in [0.2, 0.25) is 0 Å². The number of aliphatic hydroxyl groups excluding tert-OH is 1. The number of hydrogen-bond donors (Lipinski definition) is 1. The van der Waals surface area contributed by atoms with E-state index in [-0.39, 0.29) is 24.7 Å². The Balaban J connectivity index is 1.79. The van der Waals surface area contributed by atoms with Crippen molar-refractivity contribution in [1.82, 2.24) is 0 Å². The second kappa shape index (κ2) is 7.69. The van der Waals surface area contributed by atoms with E-state index in [1.807, 2.05) is 0 Å². The van der Waals surface area contributed by atoms with Gasteiger partial charge in [0.15, 0.2) is 17.4 Å². The van der Waals surface area contributed by atoms with E-state index in [9.17, 15) is 18.7 Å². The van der Waals surface area contributed by atoms with E-state index in [1.54, 1.807) is 24.3 Å². The molecule has 0 bridgehead atoms. The smallest absolute Gasteiger partial charge is 0.162 e. The first-order valence-corrected chi connectivity index (χ1v) is 6.95. The van der Waals surface area contributed by atoms with E-state index in [2.05, 4.69) is 0 Å². The molecule has 0 heterocycles. The second-order valence-electron chi connectivity index (χ2n) is 4.93.